The molecule has 2 aromatic carbocycles. The maximum Gasteiger partial charge on any atom is 0.163 e. The van der Waals surface area contributed by atoms with Crippen LogP contribution in [0.1, 0.15) is 70.4 Å². The van der Waals surface area contributed by atoms with E-state index < -0.39 is 5.92 Å². The predicted molar refractivity (Wildman–Crippen MR) is 141 cm³/mol. The van der Waals surface area contributed by atoms with Crippen molar-refractivity contribution in [1.29, 1.82) is 0 Å². The van der Waals surface area contributed by atoms with Crippen LogP contribution in [0.25, 0.3) is 0 Å². The monoisotopic (exact) mass is 524 g/mol. The molecule has 3 aliphatic rings. The topological polar surface area (TPSA) is 52.6 Å². The van der Waals surface area contributed by atoms with Gasteiger partial charge in [0.05, 0.1) is 0 Å². The molecule has 0 bridgehead atoms. The minimum absolute atomic E-state index is 0.0594. The third-order valence-electron chi connectivity index (χ3n) is 7.24. The maximum absolute atomic E-state index is 13.4. The zero-order chi connectivity index (χ0) is 25.8. The quantitative estimate of drug-likeness (QED) is 0.406. The normalized spacial score (nSPS) is 21.2. The first-order valence-corrected chi connectivity index (χ1v) is 13.1. The summed E-state index contributed by atoms with van der Waals surface area (Å²) in [4.78, 5) is 26.8. The van der Waals surface area contributed by atoms with E-state index in [1.54, 1.807) is 18.2 Å². The molecule has 1 heterocycles. The summed E-state index contributed by atoms with van der Waals surface area (Å²) in [7, 11) is 0. The van der Waals surface area contributed by atoms with Crippen LogP contribution in [-0.4, -0.2) is 11.6 Å². The van der Waals surface area contributed by atoms with Gasteiger partial charge in [0.1, 0.15) is 23.9 Å². The molecule has 2 aromatic rings. The van der Waals surface area contributed by atoms with E-state index in [-0.39, 0.29) is 29.0 Å². The number of ether oxygens (including phenoxy) is 2. The number of carbonyl (C=O) groups is 2. The molecule has 2 aliphatic carbocycles. The lowest BCUT2D eigenvalue weighted by atomic mass is 9.65. The minimum atomic E-state index is -0.414. The van der Waals surface area contributed by atoms with Crippen LogP contribution in [0.5, 0.6) is 5.75 Å². The van der Waals surface area contributed by atoms with Crippen LogP contribution in [0, 0.1) is 10.8 Å². The summed E-state index contributed by atoms with van der Waals surface area (Å²) in [6, 6.07) is 13.0. The highest BCUT2D eigenvalue weighted by atomic mass is 35.5. The summed E-state index contributed by atoms with van der Waals surface area (Å²) in [6.45, 7) is 8.59. The van der Waals surface area contributed by atoms with E-state index in [1.807, 2.05) is 24.3 Å². The van der Waals surface area contributed by atoms with Crippen LogP contribution in [0.4, 0.5) is 0 Å². The van der Waals surface area contributed by atoms with Gasteiger partial charge >= 0.3 is 0 Å². The zero-order valence-electron chi connectivity index (χ0n) is 21.0. The Labute approximate surface area is 222 Å². The fraction of sp³-hybridized carbons (Fsp3) is 0.400. The third-order valence-corrected chi connectivity index (χ3v) is 7.95. The molecule has 0 amide bonds. The molecule has 0 unspecified atom stereocenters. The van der Waals surface area contributed by atoms with Gasteiger partial charge in [-0.15, -0.1) is 0 Å². The first-order valence-electron chi connectivity index (χ1n) is 12.3. The molecule has 0 aromatic heterocycles. The summed E-state index contributed by atoms with van der Waals surface area (Å²) < 4.78 is 12.3. The number of rotatable bonds is 4. The maximum atomic E-state index is 13.4. The second kappa shape index (κ2) is 9.08. The fourth-order valence-corrected chi connectivity index (χ4v) is 6.10. The van der Waals surface area contributed by atoms with Crippen molar-refractivity contribution in [3.05, 3.63) is 86.3 Å². The van der Waals surface area contributed by atoms with Crippen molar-refractivity contribution in [2.45, 2.75) is 65.9 Å². The van der Waals surface area contributed by atoms with E-state index in [1.165, 1.54) is 0 Å². The number of allylic oxidation sites excluding steroid dienone is 4. The summed E-state index contributed by atoms with van der Waals surface area (Å²) in [6.07, 6.45) is 2.23. The van der Waals surface area contributed by atoms with Gasteiger partial charge in [0.2, 0.25) is 0 Å². The summed E-state index contributed by atoms with van der Waals surface area (Å²) in [5.74, 6) is 1.80. The Hall–Kier alpha value is -2.56. The average molecular weight is 525 g/mol. The summed E-state index contributed by atoms with van der Waals surface area (Å²) in [5.41, 5.74) is 2.54. The lowest BCUT2D eigenvalue weighted by Gasteiger charge is -2.42. The van der Waals surface area contributed by atoms with Crippen LogP contribution in [0.2, 0.25) is 10.0 Å². The largest absolute Gasteiger partial charge is 0.489 e. The van der Waals surface area contributed by atoms with Gasteiger partial charge in [0.15, 0.2) is 11.6 Å². The van der Waals surface area contributed by atoms with Crippen LogP contribution < -0.4 is 4.74 Å². The lowest BCUT2D eigenvalue weighted by molar-refractivity contribution is -0.120. The molecule has 0 atom stereocenters. The van der Waals surface area contributed by atoms with Crippen LogP contribution >= 0.6 is 23.2 Å². The molecule has 0 saturated carbocycles. The highest BCUT2D eigenvalue weighted by Gasteiger charge is 2.47. The van der Waals surface area contributed by atoms with Crippen molar-refractivity contribution < 1.29 is 19.1 Å². The molecule has 4 nitrogen and oxygen atoms in total. The third kappa shape index (κ3) is 4.73. The molecule has 36 heavy (non-hydrogen) atoms. The Morgan fingerprint density at radius 3 is 1.81 bits per heavy atom. The second-order valence-electron chi connectivity index (χ2n) is 11.6. The summed E-state index contributed by atoms with van der Waals surface area (Å²) >= 11 is 12.5. The number of ketones is 2. The first kappa shape index (κ1) is 25.1. The molecule has 188 valence electrons. The number of hydrogen-bond donors (Lipinski definition) is 0. The van der Waals surface area contributed by atoms with Gasteiger partial charge in [-0.3, -0.25) is 9.59 Å². The number of carbonyl (C=O) groups excluding carboxylic acids is 2. The van der Waals surface area contributed by atoms with Crippen molar-refractivity contribution in [3.63, 3.8) is 0 Å². The van der Waals surface area contributed by atoms with Gasteiger partial charge in [-0.25, -0.2) is 0 Å². The number of benzene rings is 2. The van der Waals surface area contributed by atoms with Crippen molar-refractivity contribution in [2.24, 2.45) is 10.8 Å². The van der Waals surface area contributed by atoms with Gasteiger partial charge in [-0.1, -0.05) is 69.1 Å². The van der Waals surface area contributed by atoms with Crippen molar-refractivity contribution >= 4 is 34.8 Å². The molecular formula is C30H30Cl2O4. The Balaban J connectivity index is 1.50. The summed E-state index contributed by atoms with van der Waals surface area (Å²) in [5, 5.41) is 1.11. The molecule has 6 heteroatoms. The molecule has 1 aliphatic heterocycles. The average Bonchev–Trinajstić information content (AvgIpc) is 2.76. The van der Waals surface area contributed by atoms with E-state index in [9.17, 15) is 9.59 Å². The molecule has 0 radical (unpaired) electrons. The predicted octanol–water partition coefficient (Wildman–Crippen LogP) is 7.97. The molecule has 0 N–H and O–H groups in total. The van der Waals surface area contributed by atoms with Crippen LogP contribution in [0.15, 0.2) is 65.1 Å². The number of Topliss-reactive ketones (excluding diaryl/α,β-unsaturated/α-hetero) is 2. The Morgan fingerprint density at radius 2 is 1.31 bits per heavy atom. The molecular weight excluding hydrogens is 495 g/mol. The van der Waals surface area contributed by atoms with E-state index in [4.69, 9.17) is 32.7 Å². The van der Waals surface area contributed by atoms with E-state index in [2.05, 4.69) is 27.7 Å². The smallest absolute Gasteiger partial charge is 0.163 e. The lowest BCUT2D eigenvalue weighted by Crippen LogP contribution is -2.37. The van der Waals surface area contributed by atoms with Crippen molar-refractivity contribution in [2.75, 3.05) is 0 Å². The highest BCUT2D eigenvalue weighted by Crippen LogP contribution is 2.53. The van der Waals surface area contributed by atoms with Gasteiger partial charge in [0.25, 0.3) is 0 Å². The van der Waals surface area contributed by atoms with Gasteiger partial charge in [-0.2, -0.15) is 0 Å². The van der Waals surface area contributed by atoms with Crippen LogP contribution in [0.3, 0.4) is 0 Å². The molecule has 0 saturated heterocycles. The first-order chi connectivity index (χ1) is 16.9. The number of halogens is 2. The van der Waals surface area contributed by atoms with Crippen molar-refractivity contribution in [3.8, 4) is 5.75 Å². The Morgan fingerprint density at radius 1 is 0.806 bits per heavy atom. The fourth-order valence-electron chi connectivity index (χ4n) is 5.59. The Bertz CT molecular complexity index is 1240. The van der Waals surface area contributed by atoms with Crippen LogP contribution in [-0.2, 0) is 20.9 Å². The molecule has 0 spiro atoms. The van der Waals surface area contributed by atoms with Crippen molar-refractivity contribution in [1.82, 2.24) is 0 Å². The Kier molecular flexibility index (Phi) is 6.33. The zero-order valence-corrected chi connectivity index (χ0v) is 22.6. The molecule has 5 rings (SSSR count). The highest BCUT2D eigenvalue weighted by molar-refractivity contribution is 6.35. The minimum Gasteiger partial charge on any atom is -0.489 e. The van der Waals surface area contributed by atoms with E-state index in [0.717, 1.165) is 22.6 Å². The van der Waals surface area contributed by atoms with Gasteiger partial charge in [-0.05, 0) is 40.7 Å². The SMILES string of the molecule is CC1(C)CC(=O)C2=C(C1)OC1=C(C(=O)CC(C)(C)C1)C2c1ccc(OCc2c(Cl)cccc2Cl)cc1. The van der Waals surface area contributed by atoms with E-state index >= 15 is 0 Å². The van der Waals surface area contributed by atoms with Gasteiger partial charge in [0, 0.05) is 58.4 Å². The van der Waals surface area contributed by atoms with E-state index in [0.29, 0.717) is 52.6 Å². The second-order valence-corrected chi connectivity index (χ2v) is 12.5. The number of hydrogen-bond acceptors (Lipinski definition) is 4. The molecule has 0 fully saturated rings. The van der Waals surface area contributed by atoms with Gasteiger partial charge < -0.3 is 9.47 Å². The standard InChI is InChI=1S/C30H30Cl2O4/c1-29(2)12-22(33)27-24(14-29)36-25-15-30(3,4)13-23(34)28(25)26(27)17-8-10-18(11-9-17)35-16-19-20(31)6-5-7-21(19)32/h5-11,26H,12-16H2,1-4H3.